The highest BCUT2D eigenvalue weighted by atomic mass is 16.5. The summed E-state index contributed by atoms with van der Waals surface area (Å²) in [5.41, 5.74) is 4.67. The van der Waals surface area contributed by atoms with Gasteiger partial charge in [0, 0.05) is 44.7 Å². The molecule has 2 amide bonds. The maximum Gasteiger partial charge on any atom is 0.322 e. The van der Waals surface area contributed by atoms with E-state index in [2.05, 4.69) is 28.4 Å². The Balaban J connectivity index is 1.25. The molecule has 2 aliphatic heterocycles. The Morgan fingerprint density at radius 2 is 1.78 bits per heavy atom. The number of benzene rings is 2. The molecule has 2 aromatic carbocycles. The van der Waals surface area contributed by atoms with Crippen molar-refractivity contribution < 1.29 is 19.0 Å². The number of ether oxygens (including phenoxy) is 3. The van der Waals surface area contributed by atoms with E-state index >= 15 is 0 Å². The number of nitrogens with zero attached hydrogens (tertiary/aromatic N) is 2. The van der Waals surface area contributed by atoms with E-state index in [0.29, 0.717) is 36.4 Å². The Morgan fingerprint density at radius 1 is 1.00 bits per heavy atom. The van der Waals surface area contributed by atoms with Gasteiger partial charge in [-0.1, -0.05) is 12.1 Å². The maximum absolute atomic E-state index is 12.7. The number of amides is 2. The number of methoxy groups -OCH3 is 3. The summed E-state index contributed by atoms with van der Waals surface area (Å²) in [4.78, 5) is 17.1. The van der Waals surface area contributed by atoms with Gasteiger partial charge in [0.1, 0.15) is 5.75 Å². The maximum atomic E-state index is 12.7. The Morgan fingerprint density at radius 3 is 2.56 bits per heavy atom. The van der Waals surface area contributed by atoms with Gasteiger partial charge in [0.2, 0.25) is 0 Å². The molecule has 1 N–H and O–H groups in total. The molecule has 5 rings (SSSR count). The van der Waals surface area contributed by atoms with Crippen LogP contribution in [0.5, 0.6) is 17.2 Å². The third-order valence-corrected chi connectivity index (χ3v) is 7.26. The number of anilines is 1. The van der Waals surface area contributed by atoms with E-state index in [1.54, 1.807) is 21.3 Å². The molecular weight excluding hydrogens is 406 g/mol. The topological polar surface area (TPSA) is 63.3 Å². The molecule has 1 aliphatic carbocycles. The third-order valence-electron chi connectivity index (χ3n) is 7.26. The van der Waals surface area contributed by atoms with Gasteiger partial charge >= 0.3 is 6.03 Å². The Labute approximate surface area is 189 Å². The van der Waals surface area contributed by atoms with Crippen LogP contribution in [-0.2, 0) is 13.0 Å². The lowest BCUT2D eigenvalue weighted by Crippen LogP contribution is -2.42. The lowest BCUT2D eigenvalue weighted by atomic mass is 9.77. The zero-order chi connectivity index (χ0) is 22.2. The van der Waals surface area contributed by atoms with E-state index < -0.39 is 0 Å². The quantitative estimate of drug-likeness (QED) is 0.746. The van der Waals surface area contributed by atoms with Gasteiger partial charge < -0.3 is 29.3 Å². The fourth-order valence-electron chi connectivity index (χ4n) is 5.59. The Hall–Kier alpha value is -2.93. The summed E-state index contributed by atoms with van der Waals surface area (Å²) in [6, 6.07) is 10.2. The zero-order valence-corrected chi connectivity index (χ0v) is 19.0. The van der Waals surface area contributed by atoms with E-state index in [4.69, 9.17) is 14.2 Å². The second kappa shape index (κ2) is 8.54. The first-order valence-corrected chi connectivity index (χ1v) is 11.3. The number of rotatable bonds is 6. The second-order valence-electron chi connectivity index (χ2n) is 8.91. The average molecular weight is 438 g/mol. The smallest absolute Gasteiger partial charge is 0.322 e. The standard InChI is InChI=1S/C25H31N3O4/c1-30-22-6-4-5-18-19(22)8-7-16-13-27(15-20(16)18)9-10-28-14-17-11-23(31-2)24(32-3)12-21(17)26-25(28)29/h4-6,11-12,16,20H,7-10,13-15H2,1-3H3,(H,26,29)/t16-,20+/m0/s1. The van der Waals surface area contributed by atoms with Crippen LogP contribution in [0.2, 0.25) is 0 Å². The zero-order valence-electron chi connectivity index (χ0n) is 19.0. The van der Waals surface area contributed by atoms with Gasteiger partial charge in [-0.2, -0.15) is 0 Å². The minimum absolute atomic E-state index is 0.0589. The molecule has 0 radical (unpaired) electrons. The number of hydrogen-bond donors (Lipinski definition) is 1. The fourth-order valence-corrected chi connectivity index (χ4v) is 5.59. The summed E-state index contributed by atoms with van der Waals surface area (Å²) in [6.07, 6.45) is 2.29. The van der Waals surface area contributed by atoms with Crippen molar-refractivity contribution in [2.24, 2.45) is 5.92 Å². The molecule has 0 spiro atoms. The van der Waals surface area contributed by atoms with Crippen LogP contribution in [0, 0.1) is 5.92 Å². The predicted molar refractivity (Wildman–Crippen MR) is 123 cm³/mol. The van der Waals surface area contributed by atoms with Crippen LogP contribution < -0.4 is 19.5 Å². The lowest BCUT2D eigenvalue weighted by Gasteiger charge is -2.31. The minimum atomic E-state index is -0.0589. The Kier molecular flexibility index (Phi) is 5.59. The van der Waals surface area contributed by atoms with E-state index in [0.717, 1.165) is 43.1 Å². The van der Waals surface area contributed by atoms with Crippen LogP contribution >= 0.6 is 0 Å². The molecule has 7 nitrogen and oxygen atoms in total. The van der Waals surface area contributed by atoms with Crippen molar-refractivity contribution in [2.75, 3.05) is 52.8 Å². The lowest BCUT2D eigenvalue weighted by molar-refractivity contribution is 0.194. The van der Waals surface area contributed by atoms with E-state index in [9.17, 15) is 4.79 Å². The van der Waals surface area contributed by atoms with Crippen LogP contribution in [0.1, 0.15) is 29.0 Å². The highest BCUT2D eigenvalue weighted by Crippen LogP contribution is 2.44. The largest absolute Gasteiger partial charge is 0.496 e. The van der Waals surface area contributed by atoms with Crippen LogP contribution in [0.3, 0.4) is 0 Å². The number of likely N-dealkylation sites (tertiary alicyclic amines) is 1. The van der Waals surface area contributed by atoms with Gasteiger partial charge in [-0.25, -0.2) is 4.79 Å². The van der Waals surface area contributed by atoms with Crippen LogP contribution in [0.25, 0.3) is 0 Å². The van der Waals surface area contributed by atoms with Gasteiger partial charge in [-0.05, 0) is 47.6 Å². The molecule has 170 valence electrons. The van der Waals surface area contributed by atoms with Crippen molar-refractivity contribution in [3.63, 3.8) is 0 Å². The van der Waals surface area contributed by atoms with Gasteiger partial charge in [0.15, 0.2) is 11.5 Å². The Bertz CT molecular complexity index is 1020. The van der Waals surface area contributed by atoms with Gasteiger partial charge in [-0.3, -0.25) is 0 Å². The molecule has 0 aromatic heterocycles. The van der Waals surface area contributed by atoms with E-state index in [1.807, 2.05) is 17.0 Å². The highest BCUT2D eigenvalue weighted by Gasteiger charge is 2.38. The summed E-state index contributed by atoms with van der Waals surface area (Å²) in [7, 11) is 4.99. The summed E-state index contributed by atoms with van der Waals surface area (Å²) < 4.78 is 16.4. The monoisotopic (exact) mass is 437 g/mol. The summed E-state index contributed by atoms with van der Waals surface area (Å²) in [5, 5.41) is 3.01. The third kappa shape index (κ3) is 3.64. The van der Waals surface area contributed by atoms with Gasteiger partial charge in [-0.15, -0.1) is 0 Å². The van der Waals surface area contributed by atoms with Crippen molar-refractivity contribution in [3.05, 3.63) is 47.0 Å². The van der Waals surface area contributed by atoms with Crippen LogP contribution in [-0.4, -0.2) is 63.3 Å². The predicted octanol–water partition coefficient (Wildman–Crippen LogP) is 3.72. The molecule has 2 aromatic rings. The fraction of sp³-hybridized carbons (Fsp3) is 0.480. The molecule has 1 saturated heterocycles. The van der Waals surface area contributed by atoms with Crippen LogP contribution in [0.4, 0.5) is 10.5 Å². The SMILES string of the molecule is COc1cc2c(cc1OC)NC(=O)N(CCN1C[C@@H]3CCc4c(OC)cccc4[C@@H]3C1)C2. The molecule has 3 aliphatic rings. The number of carbonyl (C=O) groups excluding carboxylic acids is 1. The highest BCUT2D eigenvalue weighted by molar-refractivity contribution is 5.93. The number of urea groups is 1. The summed E-state index contributed by atoms with van der Waals surface area (Å²) >= 11 is 0. The molecule has 0 saturated carbocycles. The molecule has 32 heavy (non-hydrogen) atoms. The van der Waals surface area contributed by atoms with Crippen LogP contribution in [0.15, 0.2) is 30.3 Å². The molecule has 2 atom stereocenters. The van der Waals surface area contributed by atoms with Crippen molar-refractivity contribution in [3.8, 4) is 17.2 Å². The van der Waals surface area contributed by atoms with E-state index in [-0.39, 0.29) is 6.03 Å². The number of carbonyl (C=O) groups is 1. The molecule has 7 heteroatoms. The molecule has 2 heterocycles. The molecular formula is C25H31N3O4. The normalized spacial score (nSPS) is 22.0. The summed E-state index contributed by atoms with van der Waals surface area (Å²) in [5.74, 6) is 3.57. The van der Waals surface area contributed by atoms with Crippen molar-refractivity contribution in [1.29, 1.82) is 0 Å². The number of fused-ring (bicyclic) bond motifs is 4. The summed E-state index contributed by atoms with van der Waals surface area (Å²) in [6.45, 7) is 4.29. The second-order valence-corrected chi connectivity index (χ2v) is 8.91. The number of hydrogen-bond acceptors (Lipinski definition) is 5. The number of nitrogens with one attached hydrogen (secondary N) is 1. The van der Waals surface area contributed by atoms with Crippen molar-refractivity contribution in [2.45, 2.75) is 25.3 Å². The van der Waals surface area contributed by atoms with Gasteiger partial charge in [0.25, 0.3) is 0 Å². The molecule has 0 bridgehead atoms. The van der Waals surface area contributed by atoms with Gasteiger partial charge in [0.05, 0.1) is 27.0 Å². The average Bonchev–Trinajstić information content (AvgIpc) is 3.25. The molecule has 1 fully saturated rings. The molecule has 0 unspecified atom stereocenters. The van der Waals surface area contributed by atoms with Crippen molar-refractivity contribution in [1.82, 2.24) is 9.80 Å². The first-order chi connectivity index (χ1) is 15.6. The first kappa shape index (κ1) is 20.9. The van der Waals surface area contributed by atoms with Crippen molar-refractivity contribution >= 4 is 11.7 Å². The first-order valence-electron chi connectivity index (χ1n) is 11.3. The van der Waals surface area contributed by atoms with E-state index in [1.165, 1.54) is 17.5 Å². The minimum Gasteiger partial charge on any atom is -0.496 e.